The molecular weight excluding hydrogens is 358 g/mol. The van der Waals surface area contributed by atoms with E-state index in [0.29, 0.717) is 11.3 Å². The molecule has 140 valence electrons. The molecule has 2 heterocycles. The van der Waals surface area contributed by atoms with Crippen LogP contribution in [0.4, 0.5) is 0 Å². The van der Waals surface area contributed by atoms with E-state index < -0.39 is 11.9 Å². The maximum Gasteiger partial charge on any atom is 0.256 e. The van der Waals surface area contributed by atoms with E-state index in [9.17, 15) is 19.6 Å². The highest BCUT2D eigenvalue weighted by Gasteiger charge is 2.40. The molecule has 1 saturated heterocycles. The zero-order valence-electron chi connectivity index (χ0n) is 15.0. The first kappa shape index (κ1) is 17.7. The highest BCUT2D eigenvalue weighted by atomic mass is 16.5. The van der Waals surface area contributed by atoms with E-state index in [1.165, 1.54) is 4.90 Å². The molecule has 7 heteroatoms. The highest BCUT2D eigenvalue weighted by Crippen LogP contribution is 2.34. The molecule has 0 saturated carbocycles. The summed E-state index contributed by atoms with van der Waals surface area (Å²) in [5.41, 5.74) is 2.08. The Labute approximate surface area is 161 Å². The van der Waals surface area contributed by atoms with Crippen LogP contribution >= 0.6 is 0 Å². The summed E-state index contributed by atoms with van der Waals surface area (Å²) in [6.07, 6.45) is 0.469. The minimum Gasteiger partial charge on any atom is -0.487 e. The maximum atomic E-state index is 13.0. The van der Waals surface area contributed by atoms with Crippen LogP contribution in [0.5, 0.6) is 5.75 Å². The lowest BCUT2D eigenvalue weighted by atomic mass is 10.0. The van der Waals surface area contributed by atoms with E-state index in [2.05, 4.69) is 11.4 Å². The van der Waals surface area contributed by atoms with E-state index in [1.807, 2.05) is 30.3 Å². The average Bonchev–Trinajstić information content (AvgIpc) is 3.03. The van der Waals surface area contributed by atoms with Gasteiger partial charge in [-0.15, -0.1) is 0 Å². The van der Waals surface area contributed by atoms with Gasteiger partial charge in [0.05, 0.1) is 5.56 Å². The lowest BCUT2D eigenvalue weighted by Gasteiger charge is -2.29. The van der Waals surface area contributed by atoms with Gasteiger partial charge in [-0.25, -0.2) is 0 Å². The number of carbonyl (C=O) groups is 3. The second-order valence-corrected chi connectivity index (χ2v) is 6.76. The second kappa shape index (κ2) is 7.16. The van der Waals surface area contributed by atoms with Crippen LogP contribution in [-0.4, -0.2) is 28.7 Å². The minimum absolute atomic E-state index is 0.174. The van der Waals surface area contributed by atoms with E-state index >= 15 is 0 Å². The van der Waals surface area contributed by atoms with Gasteiger partial charge in [-0.05, 0) is 23.6 Å². The number of nitrogens with one attached hydrogen (secondary N) is 1. The van der Waals surface area contributed by atoms with Crippen molar-refractivity contribution in [2.45, 2.75) is 32.0 Å². The predicted octanol–water partition coefficient (Wildman–Crippen LogP) is 1.90. The van der Waals surface area contributed by atoms with Crippen molar-refractivity contribution in [3.05, 3.63) is 64.7 Å². The van der Waals surface area contributed by atoms with Gasteiger partial charge in [0.25, 0.3) is 5.91 Å². The molecule has 0 radical (unpaired) electrons. The third-order valence-corrected chi connectivity index (χ3v) is 5.00. The lowest BCUT2D eigenvalue weighted by molar-refractivity contribution is -0.136. The van der Waals surface area contributed by atoms with Crippen LogP contribution < -0.4 is 10.1 Å². The summed E-state index contributed by atoms with van der Waals surface area (Å²) in [4.78, 5) is 37.9. The Morgan fingerprint density at radius 3 is 2.64 bits per heavy atom. The Bertz CT molecular complexity index is 1010. The van der Waals surface area contributed by atoms with Crippen LogP contribution in [-0.2, 0) is 22.7 Å². The lowest BCUT2D eigenvalue weighted by Crippen LogP contribution is -2.52. The summed E-state index contributed by atoms with van der Waals surface area (Å²) in [5.74, 6) is -0.856. The Morgan fingerprint density at radius 2 is 1.93 bits per heavy atom. The van der Waals surface area contributed by atoms with Crippen LogP contribution in [0.15, 0.2) is 42.5 Å². The molecule has 2 aromatic rings. The molecule has 0 aliphatic carbocycles. The Morgan fingerprint density at radius 1 is 1.14 bits per heavy atom. The van der Waals surface area contributed by atoms with Crippen LogP contribution in [0, 0.1) is 11.3 Å². The molecule has 4 rings (SSSR count). The van der Waals surface area contributed by atoms with Crippen molar-refractivity contribution < 1.29 is 19.1 Å². The number of hydrogen-bond acceptors (Lipinski definition) is 5. The minimum atomic E-state index is -0.710. The van der Waals surface area contributed by atoms with Crippen LogP contribution in [0.25, 0.3) is 0 Å². The number of carbonyl (C=O) groups excluding carboxylic acids is 3. The van der Waals surface area contributed by atoms with Crippen LogP contribution in [0.1, 0.15) is 39.9 Å². The van der Waals surface area contributed by atoms with Gasteiger partial charge < -0.3 is 9.64 Å². The number of nitriles is 1. The number of ether oxygens (including phenoxy) is 1. The summed E-state index contributed by atoms with van der Waals surface area (Å²) in [6, 6.07) is 14.3. The van der Waals surface area contributed by atoms with Crippen molar-refractivity contribution in [1.29, 1.82) is 5.26 Å². The van der Waals surface area contributed by atoms with Gasteiger partial charge >= 0.3 is 0 Å². The normalized spacial score (nSPS) is 18.5. The van der Waals surface area contributed by atoms with Crippen LogP contribution in [0.3, 0.4) is 0 Å². The van der Waals surface area contributed by atoms with Gasteiger partial charge in [0.1, 0.15) is 30.0 Å². The molecule has 7 nitrogen and oxygen atoms in total. The van der Waals surface area contributed by atoms with E-state index in [4.69, 9.17) is 4.74 Å². The van der Waals surface area contributed by atoms with Gasteiger partial charge in [-0.1, -0.05) is 36.4 Å². The van der Waals surface area contributed by atoms with Crippen molar-refractivity contribution in [3.8, 4) is 11.8 Å². The molecule has 2 aliphatic rings. The third kappa shape index (κ3) is 3.09. The number of hydrogen-bond donors (Lipinski definition) is 1. The maximum absolute atomic E-state index is 13.0. The number of fused-ring (bicyclic) bond motifs is 1. The zero-order chi connectivity index (χ0) is 19.7. The summed E-state index contributed by atoms with van der Waals surface area (Å²) in [5, 5.41) is 11.9. The number of benzene rings is 2. The van der Waals surface area contributed by atoms with Gasteiger partial charge in [-0.3, -0.25) is 19.7 Å². The highest BCUT2D eigenvalue weighted by molar-refractivity contribution is 6.06. The summed E-state index contributed by atoms with van der Waals surface area (Å²) in [6.45, 7) is 0.507. The fourth-order valence-corrected chi connectivity index (χ4v) is 3.60. The first-order valence-corrected chi connectivity index (χ1v) is 8.96. The number of piperidine rings is 1. The first-order chi connectivity index (χ1) is 13.6. The molecule has 1 atom stereocenters. The number of imide groups is 1. The van der Waals surface area contributed by atoms with Crippen molar-refractivity contribution in [1.82, 2.24) is 10.2 Å². The molecule has 1 fully saturated rings. The molecule has 3 amide bonds. The Hall–Kier alpha value is -3.66. The van der Waals surface area contributed by atoms with Crippen molar-refractivity contribution in [3.63, 3.8) is 0 Å². The fourth-order valence-electron chi connectivity index (χ4n) is 3.60. The van der Waals surface area contributed by atoms with Gasteiger partial charge in [0.2, 0.25) is 11.8 Å². The van der Waals surface area contributed by atoms with Crippen LogP contribution in [0.2, 0.25) is 0 Å². The van der Waals surface area contributed by atoms with Gasteiger partial charge in [-0.2, -0.15) is 5.26 Å². The Kier molecular flexibility index (Phi) is 4.53. The molecule has 28 heavy (non-hydrogen) atoms. The number of rotatable bonds is 4. The summed E-state index contributed by atoms with van der Waals surface area (Å²) >= 11 is 0. The smallest absolute Gasteiger partial charge is 0.256 e. The monoisotopic (exact) mass is 375 g/mol. The predicted molar refractivity (Wildman–Crippen MR) is 98.0 cm³/mol. The summed E-state index contributed by atoms with van der Waals surface area (Å²) in [7, 11) is 0. The molecule has 0 spiro atoms. The van der Waals surface area contributed by atoms with E-state index in [-0.39, 0.29) is 48.9 Å². The molecule has 0 bridgehead atoms. The topological polar surface area (TPSA) is 99.5 Å². The second-order valence-electron chi connectivity index (χ2n) is 6.76. The summed E-state index contributed by atoms with van der Waals surface area (Å²) < 4.78 is 5.79. The fraction of sp³-hybridized carbons (Fsp3) is 0.238. The largest absolute Gasteiger partial charge is 0.487 e. The third-order valence-electron chi connectivity index (χ3n) is 5.00. The standard InChI is InChI=1S/C21H17N3O4/c22-10-15-17(28-12-13-4-2-1-3-5-13)8-6-14-11-24(21(27)19(14)15)16-7-9-18(25)23-20(16)26/h1-6,8,16H,7,9,11-12H2,(H,23,25,26). The molecule has 2 aliphatic heterocycles. The van der Waals surface area contributed by atoms with Crippen molar-refractivity contribution in [2.75, 3.05) is 0 Å². The molecule has 1 N–H and O–H groups in total. The van der Waals surface area contributed by atoms with Gasteiger partial charge in [0, 0.05) is 13.0 Å². The van der Waals surface area contributed by atoms with Crippen molar-refractivity contribution in [2.24, 2.45) is 0 Å². The first-order valence-electron chi connectivity index (χ1n) is 8.96. The van der Waals surface area contributed by atoms with Gasteiger partial charge in [0.15, 0.2) is 0 Å². The molecule has 0 aromatic heterocycles. The quantitative estimate of drug-likeness (QED) is 0.823. The molecular formula is C21H17N3O4. The van der Waals surface area contributed by atoms with E-state index in [1.54, 1.807) is 12.1 Å². The molecule has 2 aromatic carbocycles. The number of amides is 3. The zero-order valence-corrected chi connectivity index (χ0v) is 15.0. The molecule has 1 unspecified atom stereocenters. The average molecular weight is 375 g/mol. The van der Waals surface area contributed by atoms with Crippen molar-refractivity contribution >= 4 is 17.7 Å². The Balaban J connectivity index is 1.59. The number of nitrogens with zero attached hydrogens (tertiary/aromatic N) is 2. The SMILES string of the molecule is N#Cc1c(OCc2ccccc2)ccc2c1C(=O)N(C1CCC(=O)NC1=O)C2. The van der Waals surface area contributed by atoms with E-state index in [0.717, 1.165) is 5.56 Å².